The highest BCUT2D eigenvalue weighted by molar-refractivity contribution is 5.96. The van der Waals surface area contributed by atoms with Gasteiger partial charge in [-0.3, -0.25) is 9.59 Å². The van der Waals surface area contributed by atoms with Gasteiger partial charge < -0.3 is 20.8 Å². The van der Waals surface area contributed by atoms with E-state index in [9.17, 15) is 22.8 Å². The van der Waals surface area contributed by atoms with E-state index in [2.05, 4.69) is 11.8 Å². The van der Waals surface area contributed by atoms with Crippen LogP contribution < -0.4 is 5.73 Å². The fourth-order valence-electron chi connectivity index (χ4n) is 2.60. The maximum Gasteiger partial charge on any atom is 0.490 e. The molecule has 10 heteroatoms. The highest BCUT2D eigenvalue weighted by Gasteiger charge is 2.38. The van der Waals surface area contributed by atoms with Crippen molar-refractivity contribution in [3.8, 4) is 11.8 Å². The third kappa shape index (κ3) is 8.53. The number of hydrogen-bond donors (Lipinski definition) is 3. The van der Waals surface area contributed by atoms with Crippen LogP contribution >= 0.6 is 0 Å². The van der Waals surface area contributed by atoms with Gasteiger partial charge in [0.25, 0.3) is 5.91 Å². The number of fused-ring (bicyclic) bond motifs is 1. The quantitative estimate of drug-likeness (QED) is 0.489. The first kappa shape index (κ1) is 25.0. The van der Waals surface area contributed by atoms with E-state index in [1.165, 1.54) is 0 Å². The first-order valence-electron chi connectivity index (χ1n) is 9.19. The Hall–Kier alpha value is -3.06. The normalized spacial score (nSPS) is 13.2. The molecule has 0 radical (unpaired) electrons. The van der Waals surface area contributed by atoms with Crippen LogP contribution in [0.1, 0.15) is 47.2 Å². The second-order valence-corrected chi connectivity index (χ2v) is 6.41. The number of carbonyl (C=O) groups excluding carboxylic acids is 1. The van der Waals surface area contributed by atoms with E-state index >= 15 is 0 Å². The van der Waals surface area contributed by atoms with Gasteiger partial charge >= 0.3 is 18.1 Å². The summed E-state index contributed by atoms with van der Waals surface area (Å²) >= 11 is 0. The van der Waals surface area contributed by atoms with Gasteiger partial charge in [-0.25, -0.2) is 4.79 Å². The van der Waals surface area contributed by atoms with Crippen molar-refractivity contribution in [2.24, 2.45) is 5.73 Å². The minimum atomic E-state index is -5.08. The number of aryl methyl sites for hydroxylation is 1. The number of nitrogens with two attached hydrogens (primary N) is 1. The fraction of sp³-hybridized carbons (Fsp3) is 0.450. The molecule has 2 rings (SSSR count). The lowest BCUT2D eigenvalue weighted by atomic mass is 10.0. The predicted octanol–water partition coefficient (Wildman–Crippen LogP) is 2.27. The van der Waals surface area contributed by atoms with E-state index < -0.39 is 18.1 Å². The van der Waals surface area contributed by atoms with Gasteiger partial charge in [-0.15, -0.1) is 0 Å². The van der Waals surface area contributed by atoms with E-state index in [4.69, 9.17) is 20.7 Å². The number of halogens is 3. The Morgan fingerprint density at radius 2 is 1.90 bits per heavy atom. The van der Waals surface area contributed by atoms with Crippen molar-refractivity contribution < 1.29 is 37.8 Å². The highest BCUT2D eigenvalue weighted by Crippen LogP contribution is 2.20. The van der Waals surface area contributed by atoms with Crippen LogP contribution in [0.4, 0.5) is 13.2 Å². The van der Waals surface area contributed by atoms with Gasteiger partial charge in [0.05, 0.1) is 6.42 Å². The van der Waals surface area contributed by atoms with E-state index in [-0.39, 0.29) is 18.9 Å². The fourth-order valence-corrected chi connectivity index (χ4v) is 2.60. The number of rotatable bonds is 5. The molecule has 0 aromatic heterocycles. The van der Waals surface area contributed by atoms with Crippen molar-refractivity contribution in [3.05, 3.63) is 34.9 Å². The topological polar surface area (TPSA) is 121 Å². The minimum absolute atomic E-state index is 0.0281. The first-order valence-corrected chi connectivity index (χ1v) is 9.19. The number of aliphatic carboxylic acids is 2. The molecular formula is C20H23F3N2O5. The van der Waals surface area contributed by atoms with Crippen LogP contribution in [0.15, 0.2) is 18.2 Å². The molecular weight excluding hydrogens is 405 g/mol. The average Bonchev–Trinajstić information content (AvgIpc) is 2.82. The maximum absolute atomic E-state index is 12.6. The summed E-state index contributed by atoms with van der Waals surface area (Å²) < 4.78 is 31.7. The summed E-state index contributed by atoms with van der Waals surface area (Å²) in [5.74, 6) is 2.39. The molecule has 1 heterocycles. The molecule has 164 valence electrons. The number of carboxylic acids is 2. The average molecular weight is 428 g/mol. The van der Waals surface area contributed by atoms with Gasteiger partial charge in [-0.2, -0.15) is 13.2 Å². The molecule has 1 aliphatic heterocycles. The summed E-state index contributed by atoms with van der Waals surface area (Å²) in [6, 6.07) is 5.72. The number of alkyl halides is 3. The summed E-state index contributed by atoms with van der Waals surface area (Å²) in [6.07, 6.45) is -1.84. The molecule has 0 atom stereocenters. The van der Waals surface area contributed by atoms with E-state index in [1.807, 2.05) is 18.2 Å². The van der Waals surface area contributed by atoms with Crippen LogP contribution in [-0.4, -0.2) is 58.8 Å². The molecule has 0 aliphatic carbocycles. The minimum Gasteiger partial charge on any atom is -0.481 e. The third-order valence-corrected chi connectivity index (χ3v) is 4.08. The van der Waals surface area contributed by atoms with Crippen molar-refractivity contribution in [2.45, 2.75) is 38.3 Å². The number of nitrogens with zero attached hydrogens (tertiary/aromatic N) is 1. The first-order chi connectivity index (χ1) is 14.1. The Kier molecular flexibility index (Phi) is 9.84. The lowest BCUT2D eigenvalue weighted by Crippen LogP contribution is -2.33. The van der Waals surface area contributed by atoms with Gasteiger partial charge in [0.2, 0.25) is 0 Å². The zero-order chi connectivity index (χ0) is 22.7. The van der Waals surface area contributed by atoms with E-state index in [1.54, 1.807) is 4.90 Å². The summed E-state index contributed by atoms with van der Waals surface area (Å²) in [5.41, 5.74) is 7.92. The summed E-state index contributed by atoms with van der Waals surface area (Å²) in [6.45, 7) is 1.47. The predicted molar refractivity (Wildman–Crippen MR) is 102 cm³/mol. The molecule has 7 nitrogen and oxygen atoms in total. The second-order valence-electron chi connectivity index (χ2n) is 6.41. The summed E-state index contributed by atoms with van der Waals surface area (Å²) in [5, 5.41) is 15.9. The van der Waals surface area contributed by atoms with Crippen LogP contribution in [0.2, 0.25) is 0 Å². The lowest BCUT2D eigenvalue weighted by Gasteiger charge is -2.20. The van der Waals surface area contributed by atoms with Crippen molar-refractivity contribution in [1.82, 2.24) is 4.90 Å². The Labute approximate surface area is 171 Å². The zero-order valence-electron chi connectivity index (χ0n) is 16.2. The van der Waals surface area contributed by atoms with E-state index in [0.717, 1.165) is 36.8 Å². The smallest absolute Gasteiger partial charge is 0.481 e. The van der Waals surface area contributed by atoms with Crippen LogP contribution in [0.3, 0.4) is 0 Å². The molecule has 1 aromatic rings. The Morgan fingerprint density at radius 1 is 1.23 bits per heavy atom. The van der Waals surface area contributed by atoms with Crippen molar-refractivity contribution in [2.75, 3.05) is 19.6 Å². The number of carboxylic acid groups (broad SMARTS) is 2. The molecule has 1 aromatic carbocycles. The maximum atomic E-state index is 12.6. The lowest BCUT2D eigenvalue weighted by molar-refractivity contribution is -0.192. The molecule has 0 fully saturated rings. The second kappa shape index (κ2) is 11.8. The molecule has 30 heavy (non-hydrogen) atoms. The number of hydrogen-bond acceptors (Lipinski definition) is 4. The molecule has 0 bridgehead atoms. The SMILES string of the molecule is NCCCC#Cc1ccc2c(c1)C(=O)N(CCC(=O)O)CCC2.O=C(O)C(F)(F)F. The molecule has 0 saturated heterocycles. The summed E-state index contributed by atoms with van der Waals surface area (Å²) in [7, 11) is 0. The zero-order valence-corrected chi connectivity index (χ0v) is 16.2. The summed E-state index contributed by atoms with van der Waals surface area (Å²) in [4.78, 5) is 33.9. The molecule has 1 amide bonds. The Morgan fingerprint density at radius 3 is 2.47 bits per heavy atom. The van der Waals surface area contributed by atoms with Crippen molar-refractivity contribution in [3.63, 3.8) is 0 Å². The molecule has 4 N–H and O–H groups in total. The number of amides is 1. The monoisotopic (exact) mass is 428 g/mol. The number of carbonyl (C=O) groups is 3. The van der Waals surface area contributed by atoms with Crippen LogP contribution in [0, 0.1) is 11.8 Å². The van der Waals surface area contributed by atoms with Crippen molar-refractivity contribution in [1.29, 1.82) is 0 Å². The van der Waals surface area contributed by atoms with Crippen LogP contribution in [0.5, 0.6) is 0 Å². The van der Waals surface area contributed by atoms with Gasteiger partial charge in [0.15, 0.2) is 0 Å². The largest absolute Gasteiger partial charge is 0.490 e. The number of unbranched alkanes of at least 4 members (excludes halogenated alkanes) is 1. The van der Waals surface area contributed by atoms with Crippen LogP contribution in [0.25, 0.3) is 0 Å². The third-order valence-electron chi connectivity index (χ3n) is 4.08. The molecule has 0 unspecified atom stereocenters. The van der Waals surface area contributed by atoms with Crippen LogP contribution in [-0.2, 0) is 16.0 Å². The van der Waals surface area contributed by atoms with Gasteiger partial charge in [0.1, 0.15) is 0 Å². The van der Waals surface area contributed by atoms with Gasteiger partial charge in [-0.1, -0.05) is 17.9 Å². The van der Waals surface area contributed by atoms with Crippen molar-refractivity contribution >= 4 is 17.8 Å². The molecule has 1 aliphatic rings. The number of benzene rings is 1. The molecule has 0 saturated carbocycles. The van der Waals surface area contributed by atoms with E-state index in [0.29, 0.717) is 18.7 Å². The standard InChI is InChI=1S/C18H22N2O3.C2HF3O2/c19-10-3-1-2-5-14-7-8-15-6-4-11-20(12-9-17(21)22)18(23)16(15)13-14;3-2(4,5)1(6)7/h7-8,13H,1,3-4,6,9-12,19H2,(H,21,22);(H,6,7). The molecule has 0 spiro atoms. The van der Waals surface area contributed by atoms with Gasteiger partial charge in [-0.05, 0) is 43.5 Å². The van der Waals surface area contributed by atoms with Gasteiger partial charge in [0, 0.05) is 30.6 Å². The highest BCUT2D eigenvalue weighted by atomic mass is 19.4. The Bertz CT molecular complexity index is 828. The Balaban J connectivity index is 0.000000553.